The average Bonchev–Trinajstić information content (AvgIpc) is 2.33. The van der Waals surface area contributed by atoms with Crippen molar-refractivity contribution in [2.24, 2.45) is 5.73 Å². The van der Waals surface area contributed by atoms with Crippen LogP contribution in [-0.4, -0.2) is 16.6 Å². The molecule has 2 rings (SSSR count). The zero-order valence-electron chi connectivity index (χ0n) is 8.03. The highest BCUT2D eigenvalue weighted by atomic mass is 16.4. The number of hydrogen-bond acceptors (Lipinski definition) is 2. The van der Waals surface area contributed by atoms with Crippen molar-refractivity contribution in [1.82, 2.24) is 0 Å². The van der Waals surface area contributed by atoms with Gasteiger partial charge in [0.1, 0.15) is 0 Å². The molecule has 2 unspecified atom stereocenters. The maximum Gasteiger partial charge on any atom is 0.312 e. The Morgan fingerprint density at radius 1 is 1.57 bits per heavy atom. The first-order valence-corrected chi connectivity index (χ1v) is 4.62. The van der Waals surface area contributed by atoms with Crippen LogP contribution in [0.1, 0.15) is 24.0 Å². The molecular formula is C11H13NO2. The van der Waals surface area contributed by atoms with Gasteiger partial charge in [0.15, 0.2) is 0 Å². The smallest absolute Gasteiger partial charge is 0.312 e. The molecule has 0 bridgehead atoms. The lowest BCUT2D eigenvalue weighted by Gasteiger charge is -2.23. The summed E-state index contributed by atoms with van der Waals surface area (Å²) >= 11 is 0. The number of aliphatic carboxylic acids is 1. The second-order valence-electron chi connectivity index (χ2n) is 4.15. The summed E-state index contributed by atoms with van der Waals surface area (Å²) in [6.07, 6.45) is 0.639. The molecule has 0 amide bonds. The fraction of sp³-hybridized carbons (Fsp3) is 0.364. The van der Waals surface area contributed by atoms with E-state index in [0.29, 0.717) is 6.42 Å². The molecule has 0 saturated carbocycles. The van der Waals surface area contributed by atoms with Crippen molar-refractivity contribution in [3.63, 3.8) is 0 Å². The van der Waals surface area contributed by atoms with Crippen LogP contribution in [0.5, 0.6) is 0 Å². The highest BCUT2D eigenvalue weighted by Gasteiger charge is 2.43. The number of fused-ring (bicyclic) bond motifs is 1. The fourth-order valence-corrected chi connectivity index (χ4v) is 2.26. The molecule has 1 aliphatic rings. The Balaban J connectivity index is 2.53. The molecule has 0 heterocycles. The third-order valence-electron chi connectivity index (χ3n) is 2.84. The number of benzene rings is 1. The second-order valence-corrected chi connectivity index (χ2v) is 4.15. The van der Waals surface area contributed by atoms with E-state index in [4.69, 9.17) is 10.8 Å². The quantitative estimate of drug-likeness (QED) is 0.699. The van der Waals surface area contributed by atoms with Crippen LogP contribution in [0.25, 0.3) is 0 Å². The van der Waals surface area contributed by atoms with E-state index < -0.39 is 17.4 Å². The third-order valence-corrected chi connectivity index (χ3v) is 2.84. The van der Waals surface area contributed by atoms with Crippen molar-refractivity contribution in [2.45, 2.75) is 24.8 Å². The van der Waals surface area contributed by atoms with Gasteiger partial charge in [-0.3, -0.25) is 4.79 Å². The highest BCUT2D eigenvalue weighted by molar-refractivity contribution is 5.80. The Morgan fingerprint density at radius 3 is 2.86 bits per heavy atom. The Bertz CT molecular complexity index is 385. The Labute approximate surface area is 82.5 Å². The molecule has 0 spiro atoms. The van der Waals surface area contributed by atoms with E-state index in [1.807, 2.05) is 24.3 Å². The molecule has 0 radical (unpaired) electrons. The summed E-state index contributed by atoms with van der Waals surface area (Å²) < 4.78 is 0. The number of nitrogens with two attached hydrogens (primary N) is 1. The van der Waals surface area contributed by atoms with Crippen LogP contribution in [0, 0.1) is 0 Å². The number of carbonyl (C=O) groups is 1. The molecule has 3 N–H and O–H groups in total. The summed E-state index contributed by atoms with van der Waals surface area (Å²) in [4.78, 5) is 11.1. The molecule has 1 aliphatic carbocycles. The van der Waals surface area contributed by atoms with Gasteiger partial charge in [-0.1, -0.05) is 24.3 Å². The Morgan fingerprint density at radius 2 is 2.21 bits per heavy atom. The van der Waals surface area contributed by atoms with Crippen LogP contribution >= 0.6 is 0 Å². The van der Waals surface area contributed by atoms with Gasteiger partial charge in [-0.15, -0.1) is 0 Å². The largest absolute Gasteiger partial charge is 0.481 e. The van der Waals surface area contributed by atoms with E-state index >= 15 is 0 Å². The summed E-state index contributed by atoms with van der Waals surface area (Å²) in [5, 5.41) is 9.12. The van der Waals surface area contributed by atoms with Crippen LogP contribution in [-0.2, 0) is 11.2 Å². The predicted molar refractivity (Wildman–Crippen MR) is 53.1 cm³/mol. The highest BCUT2D eigenvalue weighted by Crippen LogP contribution is 2.39. The van der Waals surface area contributed by atoms with E-state index in [0.717, 1.165) is 11.1 Å². The molecule has 74 valence electrons. The molecule has 2 atom stereocenters. The number of carboxylic acids is 1. The molecule has 1 aromatic carbocycles. The van der Waals surface area contributed by atoms with Crippen LogP contribution in [0.3, 0.4) is 0 Å². The molecule has 14 heavy (non-hydrogen) atoms. The number of carboxylic acid groups (broad SMARTS) is 1. The normalized spacial score (nSPS) is 30.0. The Kier molecular flexibility index (Phi) is 1.86. The van der Waals surface area contributed by atoms with Gasteiger partial charge in [0.05, 0.1) is 5.92 Å². The third kappa shape index (κ3) is 1.21. The molecule has 1 aromatic rings. The summed E-state index contributed by atoms with van der Waals surface area (Å²) in [7, 11) is 0. The van der Waals surface area contributed by atoms with E-state index in [1.54, 1.807) is 6.92 Å². The van der Waals surface area contributed by atoms with Gasteiger partial charge < -0.3 is 10.8 Å². The lowest BCUT2D eigenvalue weighted by atomic mass is 9.87. The van der Waals surface area contributed by atoms with E-state index in [9.17, 15) is 4.79 Å². The molecule has 0 aromatic heterocycles. The van der Waals surface area contributed by atoms with Gasteiger partial charge >= 0.3 is 5.97 Å². The van der Waals surface area contributed by atoms with Crippen molar-refractivity contribution in [1.29, 1.82) is 0 Å². The van der Waals surface area contributed by atoms with Crippen LogP contribution < -0.4 is 5.73 Å². The monoisotopic (exact) mass is 191 g/mol. The summed E-state index contributed by atoms with van der Waals surface area (Å²) in [6.45, 7) is 1.80. The predicted octanol–water partition coefficient (Wildman–Crippen LogP) is 1.13. The fourth-order valence-electron chi connectivity index (χ4n) is 2.26. The number of rotatable bonds is 1. The summed E-state index contributed by atoms with van der Waals surface area (Å²) in [6, 6.07) is 7.57. The van der Waals surface area contributed by atoms with Crippen molar-refractivity contribution in [2.75, 3.05) is 0 Å². The van der Waals surface area contributed by atoms with Gasteiger partial charge in [0, 0.05) is 5.54 Å². The molecular weight excluding hydrogens is 178 g/mol. The van der Waals surface area contributed by atoms with Gasteiger partial charge in [-0.05, 0) is 24.5 Å². The van der Waals surface area contributed by atoms with Gasteiger partial charge in [-0.25, -0.2) is 0 Å². The van der Waals surface area contributed by atoms with E-state index in [-0.39, 0.29) is 0 Å². The minimum atomic E-state index is -0.833. The van der Waals surface area contributed by atoms with Gasteiger partial charge in [0.2, 0.25) is 0 Å². The minimum Gasteiger partial charge on any atom is -0.481 e. The lowest BCUT2D eigenvalue weighted by molar-refractivity contribution is -0.140. The lowest BCUT2D eigenvalue weighted by Crippen LogP contribution is -2.43. The zero-order valence-corrected chi connectivity index (χ0v) is 8.03. The molecule has 0 fully saturated rings. The molecule has 0 saturated heterocycles. The van der Waals surface area contributed by atoms with Crippen molar-refractivity contribution in [3.05, 3.63) is 35.4 Å². The van der Waals surface area contributed by atoms with E-state index in [2.05, 4.69) is 0 Å². The van der Waals surface area contributed by atoms with Crippen LogP contribution in [0.4, 0.5) is 0 Å². The summed E-state index contributed by atoms with van der Waals surface area (Å²) in [5.41, 5.74) is 7.26. The first-order valence-electron chi connectivity index (χ1n) is 4.62. The summed E-state index contributed by atoms with van der Waals surface area (Å²) in [5.74, 6) is -1.40. The zero-order chi connectivity index (χ0) is 10.3. The number of hydrogen-bond donors (Lipinski definition) is 2. The molecule has 3 nitrogen and oxygen atoms in total. The topological polar surface area (TPSA) is 63.3 Å². The Hall–Kier alpha value is -1.35. The second kappa shape index (κ2) is 2.82. The van der Waals surface area contributed by atoms with E-state index in [1.165, 1.54) is 0 Å². The van der Waals surface area contributed by atoms with Gasteiger partial charge in [-0.2, -0.15) is 0 Å². The first-order chi connectivity index (χ1) is 6.52. The van der Waals surface area contributed by atoms with Crippen molar-refractivity contribution < 1.29 is 9.90 Å². The average molecular weight is 191 g/mol. The van der Waals surface area contributed by atoms with Crippen LogP contribution in [0.2, 0.25) is 0 Å². The van der Waals surface area contributed by atoms with Crippen molar-refractivity contribution in [3.8, 4) is 0 Å². The van der Waals surface area contributed by atoms with Crippen molar-refractivity contribution >= 4 is 5.97 Å². The molecule has 3 heteroatoms. The SMILES string of the molecule is CC1(N)Cc2ccccc2C1C(=O)O. The maximum atomic E-state index is 11.1. The first kappa shape index (κ1) is 9.21. The molecule has 0 aliphatic heterocycles. The van der Waals surface area contributed by atoms with Crippen LogP contribution in [0.15, 0.2) is 24.3 Å². The minimum absolute atomic E-state index is 0.571. The maximum absolute atomic E-state index is 11.1. The van der Waals surface area contributed by atoms with Gasteiger partial charge in [0.25, 0.3) is 0 Å². The standard InChI is InChI=1S/C11H13NO2/c1-11(12)6-7-4-2-3-5-8(7)9(11)10(13)14/h2-5,9H,6,12H2,1H3,(H,13,14).